The summed E-state index contributed by atoms with van der Waals surface area (Å²) < 4.78 is 87.0. The number of alkyl carbamates (subject to hydrolysis) is 1. The number of nitrogens with two attached hydrogens (primary N) is 1. The fraction of sp³-hybridized carbons (Fsp3) is 0.500. The summed E-state index contributed by atoms with van der Waals surface area (Å²) in [4.78, 5) is 38.7. The van der Waals surface area contributed by atoms with E-state index in [0.29, 0.717) is 6.92 Å². The Hall–Kier alpha value is -3.97. The monoisotopic (exact) mass is 628 g/mol. The van der Waals surface area contributed by atoms with Crippen LogP contribution in [-0.2, 0) is 20.9 Å². The van der Waals surface area contributed by atoms with Gasteiger partial charge in [0.25, 0.3) is 5.92 Å². The Morgan fingerprint density at radius 1 is 0.955 bits per heavy atom. The number of anilines is 2. The Labute approximate surface area is 250 Å². The molecular formula is C30H34F6N4O4. The maximum atomic E-state index is 15.4. The Balaban J connectivity index is 1.53. The van der Waals surface area contributed by atoms with Gasteiger partial charge in [-0.3, -0.25) is 9.59 Å². The number of ether oxygens (including phenoxy) is 1. The van der Waals surface area contributed by atoms with Crippen molar-refractivity contribution in [2.45, 2.75) is 69.7 Å². The molecule has 2 aliphatic rings. The number of hydrogen-bond acceptors (Lipinski definition) is 5. The number of alkyl halides is 5. The van der Waals surface area contributed by atoms with Crippen molar-refractivity contribution in [3.05, 3.63) is 59.4 Å². The van der Waals surface area contributed by atoms with Gasteiger partial charge in [0.2, 0.25) is 11.8 Å². The van der Waals surface area contributed by atoms with Crippen molar-refractivity contribution < 1.29 is 45.5 Å². The number of amides is 3. The summed E-state index contributed by atoms with van der Waals surface area (Å²) in [6, 6.07) is 9.69. The normalized spacial score (nSPS) is 16.6. The van der Waals surface area contributed by atoms with E-state index in [1.807, 2.05) is 0 Å². The van der Waals surface area contributed by atoms with Crippen molar-refractivity contribution in [1.29, 1.82) is 0 Å². The lowest BCUT2D eigenvalue weighted by Crippen LogP contribution is -2.50. The molecule has 2 atom stereocenters. The van der Waals surface area contributed by atoms with Crippen LogP contribution in [0.1, 0.15) is 56.1 Å². The van der Waals surface area contributed by atoms with Crippen LogP contribution in [0.2, 0.25) is 0 Å². The molecule has 2 aromatic rings. The second-order valence-electron chi connectivity index (χ2n) is 11.5. The number of carbonyl (C=O) groups excluding carboxylic acids is 3. The molecule has 0 aromatic heterocycles. The number of nitrogen functional groups attached to an aromatic ring is 1. The van der Waals surface area contributed by atoms with Crippen LogP contribution in [0.5, 0.6) is 0 Å². The Kier molecular flexibility index (Phi) is 9.99. The molecule has 8 nitrogen and oxygen atoms in total. The fourth-order valence-electron chi connectivity index (χ4n) is 5.26. The molecule has 0 heterocycles. The molecule has 0 aliphatic heterocycles. The summed E-state index contributed by atoms with van der Waals surface area (Å²) in [5.74, 6) is -9.09. The van der Waals surface area contributed by atoms with E-state index in [9.17, 15) is 36.3 Å². The Bertz CT molecular complexity index is 1330. The average Bonchev–Trinajstić information content (AvgIpc) is 3.87. The van der Waals surface area contributed by atoms with Crippen LogP contribution in [0.3, 0.4) is 0 Å². The van der Waals surface area contributed by atoms with Crippen molar-refractivity contribution in [1.82, 2.24) is 10.6 Å². The van der Waals surface area contributed by atoms with Gasteiger partial charge in [0.05, 0.1) is 30.3 Å². The van der Waals surface area contributed by atoms with E-state index in [0.717, 1.165) is 43.4 Å². The molecule has 2 fully saturated rings. The van der Waals surface area contributed by atoms with E-state index in [-0.39, 0.29) is 30.0 Å². The number of benzene rings is 2. The molecule has 2 aliphatic carbocycles. The first-order valence-electron chi connectivity index (χ1n) is 14.2. The molecule has 2 saturated carbocycles. The van der Waals surface area contributed by atoms with Crippen molar-refractivity contribution in [3.8, 4) is 0 Å². The van der Waals surface area contributed by atoms with Crippen LogP contribution in [-0.4, -0.2) is 42.6 Å². The predicted octanol–water partition coefficient (Wildman–Crippen LogP) is 5.89. The predicted molar refractivity (Wildman–Crippen MR) is 149 cm³/mol. The highest BCUT2D eigenvalue weighted by molar-refractivity contribution is 5.99. The highest BCUT2D eigenvalue weighted by Crippen LogP contribution is 2.51. The Morgan fingerprint density at radius 3 is 2.11 bits per heavy atom. The summed E-state index contributed by atoms with van der Waals surface area (Å²) in [6.07, 6.45) is -4.16. The molecule has 1 unspecified atom stereocenters. The summed E-state index contributed by atoms with van der Waals surface area (Å²) in [5.41, 5.74) is 4.78. The number of nitrogens with one attached hydrogen (secondary N) is 3. The largest absolute Gasteiger partial charge is 0.445 e. The molecule has 5 N–H and O–H groups in total. The number of carbonyl (C=O) groups is 3. The third kappa shape index (κ3) is 9.26. The van der Waals surface area contributed by atoms with E-state index >= 15 is 4.39 Å². The minimum absolute atomic E-state index is 0.0409. The summed E-state index contributed by atoms with van der Waals surface area (Å²) >= 11 is 0. The second kappa shape index (κ2) is 13.3. The molecule has 0 radical (unpaired) electrons. The van der Waals surface area contributed by atoms with E-state index < -0.39 is 72.0 Å². The lowest BCUT2D eigenvalue weighted by molar-refractivity contribution is -0.148. The van der Waals surface area contributed by atoms with Crippen molar-refractivity contribution in [2.24, 2.45) is 17.8 Å². The van der Waals surface area contributed by atoms with Crippen LogP contribution in [0, 0.1) is 23.6 Å². The van der Waals surface area contributed by atoms with Crippen LogP contribution in [0.25, 0.3) is 0 Å². The average molecular weight is 629 g/mol. The summed E-state index contributed by atoms with van der Waals surface area (Å²) in [5, 5.41) is 6.82. The molecule has 0 spiro atoms. The zero-order chi connectivity index (χ0) is 32.2. The van der Waals surface area contributed by atoms with Crippen molar-refractivity contribution >= 4 is 29.3 Å². The van der Waals surface area contributed by atoms with Gasteiger partial charge in [-0.2, -0.15) is 13.2 Å². The van der Waals surface area contributed by atoms with Crippen molar-refractivity contribution in [2.75, 3.05) is 17.6 Å². The molecule has 0 saturated heterocycles. The molecule has 240 valence electrons. The highest BCUT2D eigenvalue weighted by atomic mass is 19.4. The van der Waals surface area contributed by atoms with Gasteiger partial charge in [0.15, 0.2) is 5.82 Å². The van der Waals surface area contributed by atoms with Gasteiger partial charge in [0.1, 0.15) is 12.6 Å². The van der Waals surface area contributed by atoms with Crippen molar-refractivity contribution in [3.63, 3.8) is 0 Å². The molecule has 4 rings (SSSR count). The third-order valence-corrected chi connectivity index (χ3v) is 7.65. The van der Waals surface area contributed by atoms with E-state index in [4.69, 9.17) is 10.5 Å². The Morgan fingerprint density at radius 2 is 1.57 bits per heavy atom. The molecule has 14 heteroatoms. The number of hydrogen-bond donors (Lipinski definition) is 4. The quantitative estimate of drug-likeness (QED) is 0.163. The fourth-order valence-corrected chi connectivity index (χ4v) is 5.26. The molecular weight excluding hydrogens is 594 g/mol. The first-order valence-corrected chi connectivity index (χ1v) is 14.2. The zero-order valence-corrected chi connectivity index (χ0v) is 23.9. The minimum Gasteiger partial charge on any atom is -0.445 e. The minimum atomic E-state index is -4.94. The maximum absolute atomic E-state index is 15.4. The van der Waals surface area contributed by atoms with Gasteiger partial charge in [-0.25, -0.2) is 18.0 Å². The number of rotatable bonds is 13. The maximum Gasteiger partial charge on any atom is 0.408 e. The molecule has 3 amide bonds. The third-order valence-electron chi connectivity index (χ3n) is 7.65. The molecule has 2 aromatic carbocycles. The van der Waals surface area contributed by atoms with E-state index in [1.165, 1.54) is 0 Å². The smallest absolute Gasteiger partial charge is 0.408 e. The van der Waals surface area contributed by atoms with Crippen LogP contribution < -0.4 is 21.7 Å². The van der Waals surface area contributed by atoms with E-state index in [1.54, 1.807) is 35.6 Å². The highest BCUT2D eigenvalue weighted by Gasteiger charge is 2.48. The van der Waals surface area contributed by atoms with Gasteiger partial charge < -0.3 is 26.4 Å². The lowest BCUT2D eigenvalue weighted by atomic mass is 9.88. The summed E-state index contributed by atoms with van der Waals surface area (Å²) in [7, 11) is 0. The first kappa shape index (κ1) is 32.9. The van der Waals surface area contributed by atoms with Gasteiger partial charge >= 0.3 is 12.3 Å². The summed E-state index contributed by atoms with van der Waals surface area (Å²) in [6.45, 7) is -0.832. The van der Waals surface area contributed by atoms with E-state index in [2.05, 4.69) is 10.6 Å². The SMILES string of the molecule is CC(F)(F)CNC(=O)C(CC(F)(F)F)c1ccc(NC(=O)[C@@H](NC(=O)OCc2ccccc2)C(C2CC2)C2CC2)c(N)c1F. The standard InChI is InChI=1S/C30H34F6N4O4/c1-29(32,33)15-38-26(41)20(13-30(34,35)36)19-11-12-21(24(37)23(19)31)39-27(42)25(22(17-7-8-17)18-9-10-18)40-28(43)44-14-16-5-3-2-4-6-16/h2-6,11-12,17-18,20,22,25H,7-10,13-15,37H2,1H3,(H,38,41)(H,39,42)(H,40,43)/t20?,25-/m0/s1. The van der Waals surface area contributed by atoms with Gasteiger partial charge in [-0.1, -0.05) is 36.4 Å². The van der Waals surface area contributed by atoms with Gasteiger partial charge in [-0.15, -0.1) is 0 Å². The number of halogens is 6. The molecule has 44 heavy (non-hydrogen) atoms. The van der Waals surface area contributed by atoms with Gasteiger partial charge in [0, 0.05) is 12.5 Å². The van der Waals surface area contributed by atoms with Gasteiger partial charge in [-0.05, 0) is 55.1 Å². The second-order valence-corrected chi connectivity index (χ2v) is 11.5. The topological polar surface area (TPSA) is 123 Å². The van der Waals surface area contributed by atoms with Crippen LogP contribution in [0.15, 0.2) is 42.5 Å². The first-order chi connectivity index (χ1) is 20.6. The lowest BCUT2D eigenvalue weighted by Gasteiger charge is -2.27. The molecule has 0 bridgehead atoms. The zero-order valence-electron chi connectivity index (χ0n) is 23.9. The van der Waals surface area contributed by atoms with Crippen LogP contribution >= 0.6 is 0 Å². The van der Waals surface area contributed by atoms with Crippen LogP contribution in [0.4, 0.5) is 42.5 Å².